The zero-order chi connectivity index (χ0) is 19.9. The Morgan fingerprint density at radius 1 is 1.08 bits per heavy atom. The van der Waals surface area contributed by atoms with Gasteiger partial charge in [-0.25, -0.2) is 4.79 Å². The van der Waals surface area contributed by atoms with Gasteiger partial charge in [-0.3, -0.25) is 14.4 Å². The third-order valence-electron chi connectivity index (χ3n) is 2.80. The Kier molecular flexibility index (Phi) is 13.1. The summed E-state index contributed by atoms with van der Waals surface area (Å²) in [5.41, 5.74) is 0.255. The lowest BCUT2D eigenvalue weighted by Crippen LogP contribution is -2.32. The van der Waals surface area contributed by atoms with Crippen LogP contribution in [0.2, 0.25) is 0 Å². The zero-order valence-electron chi connectivity index (χ0n) is 15.5. The first kappa shape index (κ1) is 24.0. The predicted molar refractivity (Wildman–Crippen MR) is 97.5 cm³/mol. The molecule has 1 atom stereocenters. The fourth-order valence-corrected chi connectivity index (χ4v) is 2.18. The van der Waals surface area contributed by atoms with E-state index >= 15 is 0 Å². The molecule has 1 N–H and O–H groups in total. The number of thioether (sulfide) groups is 1. The normalized spacial score (nSPS) is 11.2. The number of hydrogen-bond acceptors (Lipinski definition) is 8. The van der Waals surface area contributed by atoms with Crippen LogP contribution >= 0.6 is 11.8 Å². The molecule has 0 saturated carbocycles. The number of hydrogen-bond donors (Lipinski definition) is 1. The number of amides is 1. The summed E-state index contributed by atoms with van der Waals surface area (Å²) < 4.78 is 14.7. The summed E-state index contributed by atoms with van der Waals surface area (Å²) in [6, 6.07) is 0. The molecular formula is C17H27NO7S. The minimum Gasteiger partial charge on any atom is -0.462 e. The number of nitrogens with one attached hydrogen (secondary N) is 1. The van der Waals surface area contributed by atoms with Gasteiger partial charge in [-0.1, -0.05) is 13.5 Å². The van der Waals surface area contributed by atoms with Gasteiger partial charge in [-0.2, -0.15) is 11.8 Å². The Labute approximate surface area is 158 Å². The second kappa shape index (κ2) is 14.2. The van der Waals surface area contributed by atoms with Crippen molar-refractivity contribution in [3.63, 3.8) is 0 Å². The fourth-order valence-electron chi connectivity index (χ4n) is 1.54. The highest BCUT2D eigenvalue weighted by molar-refractivity contribution is 7.99. The van der Waals surface area contributed by atoms with Crippen molar-refractivity contribution in [3.05, 3.63) is 12.2 Å². The summed E-state index contributed by atoms with van der Waals surface area (Å²) in [7, 11) is 0. The van der Waals surface area contributed by atoms with Crippen LogP contribution in [0.4, 0.5) is 0 Å². The third-order valence-corrected chi connectivity index (χ3v) is 3.92. The summed E-state index contributed by atoms with van der Waals surface area (Å²) >= 11 is 1.66. The lowest BCUT2D eigenvalue weighted by molar-refractivity contribution is -0.150. The number of carbonyl (C=O) groups is 4. The molecule has 0 bridgehead atoms. The maximum absolute atomic E-state index is 11.6. The summed E-state index contributed by atoms with van der Waals surface area (Å²) in [5.74, 6) is -0.503. The molecule has 0 spiro atoms. The van der Waals surface area contributed by atoms with E-state index in [-0.39, 0.29) is 44.3 Å². The number of esters is 3. The molecule has 1 amide bonds. The molecule has 8 nitrogen and oxygen atoms in total. The Morgan fingerprint density at radius 2 is 1.73 bits per heavy atom. The molecule has 0 heterocycles. The van der Waals surface area contributed by atoms with E-state index in [0.717, 1.165) is 5.75 Å². The SMILES string of the molecule is C=C(C)C(=O)OCCOC(=O)CCC(=O)NCC(=O)OC(C)CSCC. The van der Waals surface area contributed by atoms with Crippen LogP contribution in [0, 0.1) is 0 Å². The lowest BCUT2D eigenvalue weighted by Gasteiger charge is -2.12. The second-order valence-electron chi connectivity index (χ2n) is 5.37. The minimum atomic E-state index is -0.598. The van der Waals surface area contributed by atoms with E-state index in [2.05, 4.69) is 11.9 Å². The largest absolute Gasteiger partial charge is 0.462 e. The van der Waals surface area contributed by atoms with E-state index in [1.807, 2.05) is 6.92 Å². The Hall–Kier alpha value is -2.03. The molecule has 0 rings (SSSR count). The van der Waals surface area contributed by atoms with Crippen molar-refractivity contribution in [2.45, 2.75) is 39.7 Å². The maximum Gasteiger partial charge on any atom is 0.333 e. The van der Waals surface area contributed by atoms with Gasteiger partial charge in [-0.15, -0.1) is 0 Å². The Balaban J connectivity index is 3.77. The van der Waals surface area contributed by atoms with Crippen molar-refractivity contribution in [1.82, 2.24) is 5.32 Å². The van der Waals surface area contributed by atoms with Gasteiger partial charge in [0.1, 0.15) is 25.9 Å². The first-order valence-electron chi connectivity index (χ1n) is 8.28. The van der Waals surface area contributed by atoms with Crippen molar-refractivity contribution in [2.24, 2.45) is 0 Å². The molecule has 148 valence electrons. The predicted octanol–water partition coefficient (Wildman–Crippen LogP) is 1.23. The summed E-state index contributed by atoms with van der Waals surface area (Å²) in [6.45, 7) is 8.30. The van der Waals surface area contributed by atoms with Gasteiger partial charge in [0.05, 0.1) is 6.42 Å². The van der Waals surface area contributed by atoms with Gasteiger partial charge >= 0.3 is 17.9 Å². The van der Waals surface area contributed by atoms with Gasteiger partial charge < -0.3 is 19.5 Å². The van der Waals surface area contributed by atoms with E-state index in [1.165, 1.54) is 6.92 Å². The van der Waals surface area contributed by atoms with Crippen LogP contribution in [0.25, 0.3) is 0 Å². The second-order valence-corrected chi connectivity index (χ2v) is 6.69. The van der Waals surface area contributed by atoms with Crippen molar-refractivity contribution in [1.29, 1.82) is 0 Å². The summed E-state index contributed by atoms with van der Waals surface area (Å²) in [6.07, 6.45) is -0.476. The molecule has 0 fully saturated rings. The molecule has 1 unspecified atom stereocenters. The molecule has 0 aliphatic carbocycles. The van der Waals surface area contributed by atoms with Gasteiger partial charge in [0.15, 0.2) is 0 Å². The number of carbonyl (C=O) groups excluding carboxylic acids is 4. The topological polar surface area (TPSA) is 108 Å². The first-order chi connectivity index (χ1) is 12.3. The number of ether oxygens (including phenoxy) is 3. The minimum absolute atomic E-state index is 0.0794. The van der Waals surface area contributed by atoms with E-state index in [4.69, 9.17) is 14.2 Å². The summed E-state index contributed by atoms with van der Waals surface area (Å²) in [4.78, 5) is 45.7. The molecule has 0 saturated heterocycles. The third kappa shape index (κ3) is 13.3. The molecule has 0 aromatic carbocycles. The lowest BCUT2D eigenvalue weighted by atomic mass is 10.3. The van der Waals surface area contributed by atoms with Crippen molar-refractivity contribution in [2.75, 3.05) is 31.3 Å². The van der Waals surface area contributed by atoms with Crippen molar-refractivity contribution < 1.29 is 33.4 Å². The highest BCUT2D eigenvalue weighted by atomic mass is 32.2. The standard InChI is InChI=1S/C17H27NO7S/c1-5-26-11-13(4)25-16(21)10-18-14(19)6-7-15(20)23-8-9-24-17(22)12(2)3/h13H,2,5-11H2,1,3-4H3,(H,18,19). The number of rotatable bonds is 13. The average Bonchev–Trinajstić information content (AvgIpc) is 2.59. The van der Waals surface area contributed by atoms with Gasteiger partial charge in [0.2, 0.25) is 5.91 Å². The summed E-state index contributed by atoms with van der Waals surface area (Å²) in [5, 5.41) is 2.39. The van der Waals surface area contributed by atoms with Crippen LogP contribution in [-0.2, 0) is 33.4 Å². The van der Waals surface area contributed by atoms with Gasteiger partial charge in [0, 0.05) is 17.7 Å². The van der Waals surface area contributed by atoms with Gasteiger partial charge in [0.25, 0.3) is 0 Å². The maximum atomic E-state index is 11.6. The molecular weight excluding hydrogens is 362 g/mol. The van der Waals surface area contributed by atoms with E-state index in [1.54, 1.807) is 18.7 Å². The molecule has 0 aliphatic heterocycles. The first-order valence-corrected chi connectivity index (χ1v) is 9.43. The molecule has 0 aromatic heterocycles. The van der Waals surface area contributed by atoms with Gasteiger partial charge in [-0.05, 0) is 19.6 Å². The van der Waals surface area contributed by atoms with E-state index in [0.29, 0.717) is 5.75 Å². The highest BCUT2D eigenvalue weighted by Gasteiger charge is 2.13. The molecule has 26 heavy (non-hydrogen) atoms. The fraction of sp³-hybridized carbons (Fsp3) is 0.647. The Morgan fingerprint density at radius 3 is 2.35 bits per heavy atom. The van der Waals surface area contributed by atoms with Crippen LogP contribution in [0.5, 0.6) is 0 Å². The smallest absolute Gasteiger partial charge is 0.333 e. The van der Waals surface area contributed by atoms with E-state index in [9.17, 15) is 19.2 Å². The molecule has 0 aliphatic rings. The molecule has 0 radical (unpaired) electrons. The van der Waals surface area contributed by atoms with Crippen LogP contribution in [-0.4, -0.2) is 61.2 Å². The van der Waals surface area contributed by atoms with Crippen LogP contribution in [0.1, 0.15) is 33.6 Å². The molecule has 9 heteroatoms. The average molecular weight is 389 g/mol. The quantitative estimate of drug-likeness (QED) is 0.217. The zero-order valence-corrected chi connectivity index (χ0v) is 16.3. The molecule has 0 aromatic rings. The van der Waals surface area contributed by atoms with Crippen LogP contribution in [0.15, 0.2) is 12.2 Å². The van der Waals surface area contributed by atoms with E-state index < -0.39 is 23.8 Å². The highest BCUT2D eigenvalue weighted by Crippen LogP contribution is 2.04. The van der Waals surface area contributed by atoms with Crippen molar-refractivity contribution >= 4 is 35.6 Å². The van der Waals surface area contributed by atoms with Crippen LogP contribution in [0.3, 0.4) is 0 Å². The monoisotopic (exact) mass is 389 g/mol. The van der Waals surface area contributed by atoms with Crippen LogP contribution < -0.4 is 5.32 Å². The van der Waals surface area contributed by atoms with Crippen molar-refractivity contribution in [3.8, 4) is 0 Å². The Bertz CT molecular complexity index is 507.